The highest BCUT2D eigenvalue weighted by Crippen LogP contribution is 2.29. The van der Waals surface area contributed by atoms with Gasteiger partial charge < -0.3 is 20.8 Å². The van der Waals surface area contributed by atoms with Crippen LogP contribution in [0.2, 0.25) is 0 Å². The van der Waals surface area contributed by atoms with Crippen molar-refractivity contribution in [3.05, 3.63) is 6.33 Å². The largest absolute Gasteiger partial charge is 0.490 e. The first kappa shape index (κ1) is 12.4. The summed E-state index contributed by atoms with van der Waals surface area (Å²) in [7, 11) is 1.52. The Bertz CT molecular complexity index is 428. The number of nitrogens with zero attached hydrogens (tertiary/aromatic N) is 2. The summed E-state index contributed by atoms with van der Waals surface area (Å²) >= 11 is 0. The molecule has 0 bridgehead atoms. The Balaban J connectivity index is 2.11. The van der Waals surface area contributed by atoms with Crippen molar-refractivity contribution in [2.24, 2.45) is 5.84 Å². The molecule has 8 heteroatoms. The molecule has 0 radical (unpaired) electrons. The van der Waals surface area contributed by atoms with Crippen LogP contribution in [0.5, 0.6) is 5.75 Å². The number of methoxy groups -OCH3 is 1. The van der Waals surface area contributed by atoms with E-state index in [1.807, 2.05) is 0 Å². The number of nitrogen functional groups attached to an aromatic ring is 1. The molecule has 1 aromatic rings. The maximum absolute atomic E-state index is 11.1. The molecule has 1 aliphatic heterocycles. The van der Waals surface area contributed by atoms with Crippen LogP contribution in [0.4, 0.5) is 11.6 Å². The summed E-state index contributed by atoms with van der Waals surface area (Å²) in [6.45, 7) is 0.567. The standard InChI is InChI=1S/C10H16N6O2/c1-18-8-9(13-5-14-10(8)16-11)15-6-2-3-7(17)12-4-6/h5-6H,2-4,11H2,1H3,(H,12,17)(H2,13,14,15,16). The Morgan fingerprint density at radius 3 is 2.89 bits per heavy atom. The fourth-order valence-corrected chi connectivity index (χ4v) is 1.82. The van der Waals surface area contributed by atoms with Crippen molar-refractivity contribution in [1.29, 1.82) is 0 Å². The average Bonchev–Trinajstić information content (AvgIpc) is 2.41. The molecule has 2 heterocycles. The first-order valence-corrected chi connectivity index (χ1v) is 5.63. The topological polar surface area (TPSA) is 114 Å². The molecule has 8 nitrogen and oxygen atoms in total. The van der Waals surface area contributed by atoms with Crippen LogP contribution in [0.1, 0.15) is 12.8 Å². The molecule has 0 aliphatic carbocycles. The second-order valence-corrected chi connectivity index (χ2v) is 3.93. The van der Waals surface area contributed by atoms with Crippen molar-refractivity contribution < 1.29 is 9.53 Å². The molecule has 18 heavy (non-hydrogen) atoms. The van der Waals surface area contributed by atoms with E-state index in [0.717, 1.165) is 6.42 Å². The van der Waals surface area contributed by atoms with E-state index >= 15 is 0 Å². The first-order valence-electron chi connectivity index (χ1n) is 5.63. The normalized spacial score (nSPS) is 19.0. The van der Waals surface area contributed by atoms with Crippen LogP contribution >= 0.6 is 0 Å². The SMILES string of the molecule is COc1c(NN)ncnc1NC1CCC(=O)NC1. The predicted molar refractivity (Wildman–Crippen MR) is 66.0 cm³/mol. The number of amides is 1. The molecule has 1 aromatic heterocycles. The summed E-state index contributed by atoms with van der Waals surface area (Å²) in [4.78, 5) is 19.1. The number of nitrogens with one attached hydrogen (secondary N) is 3. The summed E-state index contributed by atoms with van der Waals surface area (Å²) < 4.78 is 5.21. The molecule has 98 valence electrons. The fraction of sp³-hybridized carbons (Fsp3) is 0.500. The van der Waals surface area contributed by atoms with Gasteiger partial charge in [0, 0.05) is 19.0 Å². The van der Waals surface area contributed by atoms with Crippen molar-refractivity contribution >= 4 is 17.5 Å². The smallest absolute Gasteiger partial charge is 0.220 e. The van der Waals surface area contributed by atoms with Gasteiger partial charge in [0.25, 0.3) is 0 Å². The molecule has 2 rings (SSSR count). The first-order chi connectivity index (χ1) is 8.74. The van der Waals surface area contributed by atoms with E-state index in [0.29, 0.717) is 30.4 Å². The third-order valence-electron chi connectivity index (χ3n) is 2.75. The van der Waals surface area contributed by atoms with Crippen LogP contribution < -0.4 is 26.6 Å². The Kier molecular flexibility index (Phi) is 3.78. The van der Waals surface area contributed by atoms with Crippen molar-refractivity contribution in [3.8, 4) is 5.75 Å². The van der Waals surface area contributed by atoms with Crippen molar-refractivity contribution in [1.82, 2.24) is 15.3 Å². The Morgan fingerprint density at radius 2 is 2.28 bits per heavy atom. The molecule has 0 aromatic carbocycles. The number of aromatic nitrogens is 2. The lowest BCUT2D eigenvalue weighted by molar-refractivity contribution is -0.122. The lowest BCUT2D eigenvalue weighted by atomic mass is 10.1. The zero-order chi connectivity index (χ0) is 13.0. The second-order valence-electron chi connectivity index (χ2n) is 3.93. The van der Waals surface area contributed by atoms with Gasteiger partial charge in [-0.25, -0.2) is 15.8 Å². The van der Waals surface area contributed by atoms with E-state index in [4.69, 9.17) is 10.6 Å². The summed E-state index contributed by atoms with van der Waals surface area (Å²) in [5.41, 5.74) is 2.45. The van der Waals surface area contributed by atoms with Crippen LogP contribution in [-0.4, -0.2) is 35.6 Å². The third-order valence-corrected chi connectivity index (χ3v) is 2.75. The molecule has 1 amide bonds. The molecule has 1 unspecified atom stereocenters. The number of hydrazine groups is 1. The highest BCUT2D eigenvalue weighted by atomic mass is 16.5. The summed E-state index contributed by atoms with van der Waals surface area (Å²) in [6.07, 6.45) is 2.65. The zero-order valence-electron chi connectivity index (χ0n) is 10.1. The van der Waals surface area contributed by atoms with Crippen molar-refractivity contribution in [2.45, 2.75) is 18.9 Å². The highest BCUT2D eigenvalue weighted by molar-refractivity contribution is 5.77. The zero-order valence-corrected chi connectivity index (χ0v) is 10.1. The Morgan fingerprint density at radius 1 is 1.50 bits per heavy atom. The number of ether oxygens (including phenoxy) is 1. The van der Waals surface area contributed by atoms with Crippen LogP contribution in [0.3, 0.4) is 0 Å². The van der Waals surface area contributed by atoms with E-state index in [-0.39, 0.29) is 11.9 Å². The quantitative estimate of drug-likeness (QED) is 0.420. The van der Waals surface area contributed by atoms with Gasteiger partial charge in [-0.1, -0.05) is 0 Å². The maximum Gasteiger partial charge on any atom is 0.220 e. The molecule has 1 aliphatic rings. The molecule has 1 saturated heterocycles. The molecule has 1 atom stereocenters. The molecule has 0 saturated carbocycles. The lowest BCUT2D eigenvalue weighted by Crippen LogP contribution is -2.42. The number of rotatable bonds is 4. The third kappa shape index (κ3) is 2.59. The van der Waals surface area contributed by atoms with Gasteiger partial charge in [-0.15, -0.1) is 0 Å². The molecular formula is C10H16N6O2. The molecule has 1 fully saturated rings. The van der Waals surface area contributed by atoms with Crippen LogP contribution in [0, 0.1) is 0 Å². The molecular weight excluding hydrogens is 236 g/mol. The van der Waals surface area contributed by atoms with E-state index in [1.54, 1.807) is 0 Å². The highest BCUT2D eigenvalue weighted by Gasteiger charge is 2.20. The van der Waals surface area contributed by atoms with Gasteiger partial charge in [0.2, 0.25) is 11.7 Å². The minimum absolute atomic E-state index is 0.0759. The predicted octanol–water partition coefficient (Wildman–Crippen LogP) is -0.539. The van der Waals surface area contributed by atoms with Gasteiger partial charge >= 0.3 is 0 Å². The summed E-state index contributed by atoms with van der Waals surface area (Å²) in [5.74, 6) is 6.84. The molecule has 5 N–H and O–H groups in total. The van der Waals surface area contributed by atoms with Crippen LogP contribution in [-0.2, 0) is 4.79 Å². The summed E-state index contributed by atoms with van der Waals surface area (Å²) in [6, 6.07) is 0.122. The number of nitrogens with two attached hydrogens (primary N) is 1. The number of carbonyl (C=O) groups excluding carboxylic acids is 1. The maximum atomic E-state index is 11.1. The van der Waals surface area contributed by atoms with Gasteiger partial charge in [0.05, 0.1) is 7.11 Å². The number of hydrogen-bond donors (Lipinski definition) is 4. The lowest BCUT2D eigenvalue weighted by Gasteiger charge is -2.24. The number of piperidine rings is 1. The minimum Gasteiger partial charge on any atom is -0.490 e. The van der Waals surface area contributed by atoms with Crippen LogP contribution in [0.25, 0.3) is 0 Å². The van der Waals surface area contributed by atoms with Crippen molar-refractivity contribution in [2.75, 3.05) is 24.4 Å². The van der Waals surface area contributed by atoms with Gasteiger partial charge in [0.1, 0.15) is 6.33 Å². The van der Waals surface area contributed by atoms with Gasteiger partial charge in [0.15, 0.2) is 11.6 Å². The van der Waals surface area contributed by atoms with Gasteiger partial charge in [-0.3, -0.25) is 4.79 Å². The second kappa shape index (κ2) is 5.50. The van der Waals surface area contributed by atoms with E-state index < -0.39 is 0 Å². The van der Waals surface area contributed by atoms with Crippen LogP contribution in [0.15, 0.2) is 6.33 Å². The van der Waals surface area contributed by atoms with E-state index in [9.17, 15) is 4.79 Å². The van der Waals surface area contributed by atoms with E-state index in [1.165, 1.54) is 13.4 Å². The van der Waals surface area contributed by atoms with Gasteiger partial charge in [-0.05, 0) is 6.42 Å². The minimum atomic E-state index is 0.0759. The van der Waals surface area contributed by atoms with E-state index in [2.05, 4.69) is 26.0 Å². The Hall–Kier alpha value is -2.09. The monoisotopic (exact) mass is 252 g/mol. The Labute approximate surface area is 104 Å². The fourth-order valence-electron chi connectivity index (χ4n) is 1.82. The number of anilines is 2. The molecule has 0 spiro atoms. The summed E-state index contributed by atoms with van der Waals surface area (Å²) in [5, 5.41) is 6.00. The number of hydrogen-bond acceptors (Lipinski definition) is 7. The average molecular weight is 252 g/mol. The number of carbonyl (C=O) groups is 1. The van der Waals surface area contributed by atoms with Crippen molar-refractivity contribution in [3.63, 3.8) is 0 Å². The van der Waals surface area contributed by atoms with Gasteiger partial charge in [-0.2, -0.15) is 0 Å².